The number of carbonyl (C=O) groups excluding carboxylic acids is 2. The van der Waals surface area contributed by atoms with Crippen LogP contribution in [0.2, 0.25) is 0 Å². The summed E-state index contributed by atoms with van der Waals surface area (Å²) in [4.78, 5) is 28.5. The number of benzene rings is 1. The van der Waals surface area contributed by atoms with Gasteiger partial charge >= 0.3 is 0 Å². The van der Waals surface area contributed by atoms with Crippen LogP contribution in [-0.4, -0.2) is 57.7 Å². The maximum atomic E-state index is 13.1. The number of thiophene rings is 1. The molecule has 2 aromatic rings. The van der Waals surface area contributed by atoms with Gasteiger partial charge in [0.2, 0.25) is 11.7 Å². The highest BCUT2D eigenvalue weighted by Gasteiger charge is 2.41. The molecule has 7 nitrogen and oxygen atoms in total. The molecule has 1 aromatic heterocycles. The van der Waals surface area contributed by atoms with Gasteiger partial charge in [-0.05, 0) is 35.6 Å². The number of methoxy groups -OCH3 is 3. The summed E-state index contributed by atoms with van der Waals surface area (Å²) in [6.45, 7) is 3.53. The number of rotatable bonds is 9. The average Bonchev–Trinajstić information content (AvgIpc) is 3.48. The molecule has 1 fully saturated rings. The van der Waals surface area contributed by atoms with Gasteiger partial charge in [-0.3, -0.25) is 9.59 Å². The minimum Gasteiger partial charge on any atom is -0.493 e. The largest absolute Gasteiger partial charge is 0.493 e. The number of likely N-dealkylation sites (tertiary alicyclic amines) is 1. The molecule has 0 spiro atoms. The van der Waals surface area contributed by atoms with Gasteiger partial charge in [0, 0.05) is 25.6 Å². The zero-order valence-electron chi connectivity index (χ0n) is 18.5. The lowest BCUT2D eigenvalue weighted by molar-refractivity contribution is -0.124. The third-order valence-electron chi connectivity index (χ3n) is 5.62. The van der Waals surface area contributed by atoms with Gasteiger partial charge in [0.1, 0.15) is 0 Å². The summed E-state index contributed by atoms with van der Waals surface area (Å²) in [6, 6.07) is 7.42. The van der Waals surface area contributed by atoms with E-state index in [9.17, 15) is 9.59 Å². The Labute approximate surface area is 187 Å². The highest BCUT2D eigenvalue weighted by Crippen LogP contribution is 2.43. The predicted octanol–water partition coefficient (Wildman–Crippen LogP) is 3.55. The molecule has 168 valence electrons. The Hall–Kier alpha value is -2.74. The molecule has 3 rings (SSSR count). The molecular weight excluding hydrogens is 416 g/mol. The van der Waals surface area contributed by atoms with Crippen LogP contribution in [-0.2, 0) is 4.79 Å². The Bertz CT molecular complexity index is 874. The molecule has 2 heterocycles. The van der Waals surface area contributed by atoms with Crippen molar-refractivity contribution in [1.82, 2.24) is 10.2 Å². The quantitative estimate of drug-likeness (QED) is 0.596. The number of hydrogen-bond acceptors (Lipinski definition) is 6. The molecule has 1 aliphatic rings. The van der Waals surface area contributed by atoms with Crippen LogP contribution < -0.4 is 19.5 Å². The topological polar surface area (TPSA) is 77.1 Å². The summed E-state index contributed by atoms with van der Waals surface area (Å²) in [5.41, 5.74) is 0.881. The highest BCUT2D eigenvalue weighted by molar-refractivity contribution is 7.12. The molecule has 1 N–H and O–H groups in total. The van der Waals surface area contributed by atoms with Crippen LogP contribution in [0.4, 0.5) is 0 Å². The summed E-state index contributed by atoms with van der Waals surface area (Å²) in [6.07, 6.45) is 1.93. The Kier molecular flexibility index (Phi) is 7.79. The maximum absolute atomic E-state index is 13.1. The number of nitrogens with zero attached hydrogens (tertiary/aromatic N) is 1. The van der Waals surface area contributed by atoms with Crippen LogP contribution in [0.1, 0.15) is 40.9 Å². The minimum absolute atomic E-state index is 0.0336. The van der Waals surface area contributed by atoms with E-state index in [4.69, 9.17) is 14.2 Å². The van der Waals surface area contributed by atoms with E-state index in [0.29, 0.717) is 41.8 Å². The summed E-state index contributed by atoms with van der Waals surface area (Å²) in [7, 11) is 4.69. The molecule has 0 unspecified atom stereocenters. The van der Waals surface area contributed by atoms with E-state index in [2.05, 4.69) is 12.2 Å². The Morgan fingerprint density at radius 1 is 1.13 bits per heavy atom. The van der Waals surface area contributed by atoms with Crippen molar-refractivity contribution in [3.8, 4) is 17.2 Å². The van der Waals surface area contributed by atoms with Gasteiger partial charge in [0.05, 0.1) is 32.1 Å². The van der Waals surface area contributed by atoms with E-state index >= 15 is 0 Å². The molecule has 0 saturated carbocycles. The minimum atomic E-state index is -0.358. The van der Waals surface area contributed by atoms with Crippen molar-refractivity contribution in [2.45, 2.75) is 25.7 Å². The first-order valence-electron chi connectivity index (χ1n) is 10.4. The second-order valence-corrected chi connectivity index (χ2v) is 8.45. The lowest BCUT2D eigenvalue weighted by Gasteiger charge is -2.21. The lowest BCUT2D eigenvalue weighted by atomic mass is 9.88. The number of ether oxygens (including phenoxy) is 3. The molecule has 0 bridgehead atoms. The fourth-order valence-corrected chi connectivity index (χ4v) is 4.65. The third kappa shape index (κ3) is 4.95. The standard InChI is InChI=1S/C23H30N2O5S/c1-5-6-9-24-22(26)17-14-25(23(27)20-8-7-10-31-20)13-16(17)15-11-18(28-2)21(30-4)19(12-15)29-3/h7-8,10-12,16-17H,5-6,9,13-14H2,1-4H3,(H,24,26)/t16-,17+/m1/s1. The van der Waals surface area contributed by atoms with E-state index in [-0.39, 0.29) is 23.7 Å². The van der Waals surface area contributed by atoms with Crippen molar-refractivity contribution in [3.63, 3.8) is 0 Å². The van der Waals surface area contributed by atoms with Crippen LogP contribution in [0.3, 0.4) is 0 Å². The van der Waals surface area contributed by atoms with Gasteiger partial charge in [-0.15, -0.1) is 11.3 Å². The first kappa shape index (κ1) is 22.9. The van der Waals surface area contributed by atoms with Crippen molar-refractivity contribution < 1.29 is 23.8 Å². The Balaban J connectivity index is 1.94. The van der Waals surface area contributed by atoms with E-state index in [0.717, 1.165) is 18.4 Å². The summed E-state index contributed by atoms with van der Waals surface area (Å²) in [5, 5.41) is 4.92. The summed E-state index contributed by atoms with van der Waals surface area (Å²) >= 11 is 1.41. The zero-order chi connectivity index (χ0) is 22.4. The third-order valence-corrected chi connectivity index (χ3v) is 6.48. The van der Waals surface area contributed by atoms with Crippen LogP contribution in [0.25, 0.3) is 0 Å². The van der Waals surface area contributed by atoms with Crippen LogP contribution in [0.15, 0.2) is 29.6 Å². The van der Waals surface area contributed by atoms with Crippen LogP contribution in [0.5, 0.6) is 17.2 Å². The number of carbonyl (C=O) groups is 2. The van der Waals surface area contributed by atoms with Crippen molar-refractivity contribution >= 4 is 23.2 Å². The molecule has 1 aliphatic heterocycles. The number of hydrogen-bond donors (Lipinski definition) is 1. The average molecular weight is 447 g/mol. The normalized spacial score (nSPS) is 18.0. The van der Waals surface area contributed by atoms with Gasteiger partial charge in [0.25, 0.3) is 5.91 Å². The molecule has 2 amide bonds. The monoisotopic (exact) mass is 446 g/mol. The second-order valence-electron chi connectivity index (χ2n) is 7.50. The van der Waals surface area contributed by atoms with Crippen molar-refractivity contribution in [3.05, 3.63) is 40.1 Å². The summed E-state index contributed by atoms with van der Waals surface area (Å²) < 4.78 is 16.4. The van der Waals surface area contributed by atoms with E-state index in [1.165, 1.54) is 11.3 Å². The lowest BCUT2D eigenvalue weighted by Crippen LogP contribution is -2.36. The zero-order valence-corrected chi connectivity index (χ0v) is 19.3. The Morgan fingerprint density at radius 2 is 1.84 bits per heavy atom. The number of nitrogens with one attached hydrogen (secondary N) is 1. The van der Waals surface area contributed by atoms with Crippen LogP contribution in [0, 0.1) is 5.92 Å². The number of amides is 2. The molecule has 1 aromatic carbocycles. The molecule has 31 heavy (non-hydrogen) atoms. The van der Waals surface area contributed by atoms with Gasteiger partial charge in [-0.2, -0.15) is 0 Å². The highest BCUT2D eigenvalue weighted by atomic mass is 32.1. The van der Waals surface area contributed by atoms with Crippen molar-refractivity contribution in [2.24, 2.45) is 5.92 Å². The smallest absolute Gasteiger partial charge is 0.263 e. The first-order chi connectivity index (χ1) is 15.0. The molecule has 8 heteroatoms. The van der Waals surface area contributed by atoms with Crippen molar-refractivity contribution in [2.75, 3.05) is 41.0 Å². The van der Waals surface area contributed by atoms with Gasteiger partial charge < -0.3 is 24.4 Å². The summed E-state index contributed by atoms with van der Waals surface area (Å²) in [5.74, 6) is 0.949. The van der Waals surface area contributed by atoms with E-state index in [1.807, 2.05) is 29.6 Å². The fraction of sp³-hybridized carbons (Fsp3) is 0.478. The molecular formula is C23H30N2O5S. The fourth-order valence-electron chi connectivity index (χ4n) is 3.96. The second kappa shape index (κ2) is 10.5. The first-order valence-corrected chi connectivity index (χ1v) is 11.3. The van der Waals surface area contributed by atoms with E-state index < -0.39 is 0 Å². The van der Waals surface area contributed by atoms with Crippen LogP contribution >= 0.6 is 11.3 Å². The molecule has 0 radical (unpaired) electrons. The van der Waals surface area contributed by atoms with Gasteiger partial charge in [0.15, 0.2) is 11.5 Å². The van der Waals surface area contributed by atoms with Gasteiger partial charge in [-0.25, -0.2) is 0 Å². The van der Waals surface area contributed by atoms with Crippen molar-refractivity contribution in [1.29, 1.82) is 0 Å². The maximum Gasteiger partial charge on any atom is 0.263 e. The number of unbranched alkanes of at least 4 members (excludes halogenated alkanes) is 1. The SMILES string of the molecule is CCCCNC(=O)[C@H]1CN(C(=O)c2cccs2)C[C@@H]1c1cc(OC)c(OC)c(OC)c1. The van der Waals surface area contributed by atoms with Gasteiger partial charge in [-0.1, -0.05) is 19.4 Å². The predicted molar refractivity (Wildman–Crippen MR) is 120 cm³/mol. The molecule has 1 saturated heterocycles. The molecule has 0 aliphatic carbocycles. The Morgan fingerprint density at radius 3 is 2.39 bits per heavy atom. The molecule has 2 atom stereocenters. The van der Waals surface area contributed by atoms with E-state index in [1.54, 1.807) is 26.2 Å².